The number of benzene rings is 2. The zero-order chi connectivity index (χ0) is 11.5. The third-order valence-electron chi connectivity index (χ3n) is 2.37. The van der Waals surface area contributed by atoms with Crippen LogP contribution in [0.3, 0.4) is 0 Å². The van der Waals surface area contributed by atoms with Crippen LogP contribution in [-0.4, -0.2) is 5.11 Å². The maximum Gasteiger partial charge on any atom is 0.104 e. The largest absolute Gasteiger partial charge is 0.384 e. The van der Waals surface area contributed by atoms with Gasteiger partial charge in [0.15, 0.2) is 0 Å². The fraction of sp³-hybridized carbons (Fsp3) is 0.0769. The van der Waals surface area contributed by atoms with E-state index < -0.39 is 6.10 Å². The average Bonchev–Trinajstić information content (AvgIpc) is 2.33. The van der Waals surface area contributed by atoms with Crippen molar-refractivity contribution in [2.24, 2.45) is 0 Å². The molecule has 0 saturated carbocycles. The van der Waals surface area contributed by atoms with Gasteiger partial charge in [-0.25, -0.2) is 0 Å². The van der Waals surface area contributed by atoms with E-state index in [1.807, 2.05) is 42.5 Å². The van der Waals surface area contributed by atoms with E-state index in [-0.39, 0.29) is 0 Å². The Kier molecular flexibility index (Phi) is 3.64. The van der Waals surface area contributed by atoms with E-state index in [0.29, 0.717) is 5.02 Å². The van der Waals surface area contributed by atoms with Crippen LogP contribution < -0.4 is 0 Å². The Balaban J connectivity index is 2.34. The molecule has 0 aliphatic rings. The molecule has 0 bridgehead atoms. The Labute approximate surface area is 108 Å². The molecule has 0 aliphatic carbocycles. The maximum atomic E-state index is 10.1. The lowest BCUT2D eigenvalue weighted by Crippen LogP contribution is -1.99. The van der Waals surface area contributed by atoms with Gasteiger partial charge in [0.2, 0.25) is 0 Å². The Bertz CT molecular complexity index is 485. The van der Waals surface area contributed by atoms with Crippen LogP contribution in [0.1, 0.15) is 17.2 Å². The van der Waals surface area contributed by atoms with E-state index in [1.54, 1.807) is 6.07 Å². The van der Waals surface area contributed by atoms with E-state index in [0.717, 1.165) is 15.6 Å². The molecule has 0 spiro atoms. The van der Waals surface area contributed by atoms with Crippen molar-refractivity contribution in [3.63, 3.8) is 0 Å². The smallest absolute Gasteiger partial charge is 0.104 e. The van der Waals surface area contributed by atoms with E-state index in [1.165, 1.54) is 0 Å². The van der Waals surface area contributed by atoms with Gasteiger partial charge in [-0.2, -0.15) is 0 Å². The summed E-state index contributed by atoms with van der Waals surface area (Å²) < 4.78 is 0.793. The molecular weight excluding hydrogens is 287 g/mol. The number of aliphatic hydroxyl groups excluding tert-OH is 1. The van der Waals surface area contributed by atoms with Gasteiger partial charge in [0.25, 0.3) is 0 Å². The van der Waals surface area contributed by atoms with Crippen molar-refractivity contribution in [2.45, 2.75) is 6.10 Å². The van der Waals surface area contributed by atoms with Gasteiger partial charge in [0.05, 0.1) is 5.02 Å². The minimum atomic E-state index is -0.616. The normalized spacial score (nSPS) is 12.4. The minimum Gasteiger partial charge on any atom is -0.384 e. The molecule has 1 unspecified atom stereocenters. The molecule has 1 N–H and O–H groups in total. The number of rotatable bonds is 2. The van der Waals surface area contributed by atoms with Gasteiger partial charge in [-0.1, -0.05) is 48.0 Å². The topological polar surface area (TPSA) is 20.2 Å². The SMILES string of the molecule is OC(c1ccccc1)c1ccc(Cl)c(Br)c1. The molecule has 82 valence electrons. The molecule has 1 nitrogen and oxygen atoms in total. The predicted octanol–water partition coefficient (Wildman–Crippen LogP) is 4.18. The van der Waals surface area contributed by atoms with Crippen LogP contribution in [0.5, 0.6) is 0 Å². The second kappa shape index (κ2) is 5.00. The summed E-state index contributed by atoms with van der Waals surface area (Å²) in [6, 6.07) is 15.0. The molecule has 16 heavy (non-hydrogen) atoms. The van der Waals surface area contributed by atoms with Crippen molar-refractivity contribution in [2.75, 3.05) is 0 Å². The summed E-state index contributed by atoms with van der Waals surface area (Å²) in [6.07, 6.45) is -0.616. The first-order valence-corrected chi connectivity index (χ1v) is 6.03. The molecule has 2 rings (SSSR count). The lowest BCUT2D eigenvalue weighted by atomic mass is 10.0. The van der Waals surface area contributed by atoms with Crippen molar-refractivity contribution in [3.8, 4) is 0 Å². The standard InChI is InChI=1S/C13H10BrClO/c14-11-8-10(6-7-12(11)15)13(16)9-4-2-1-3-5-9/h1-8,13,16H. The number of hydrogen-bond acceptors (Lipinski definition) is 1. The fourth-order valence-corrected chi connectivity index (χ4v) is 2.02. The van der Waals surface area contributed by atoms with E-state index in [9.17, 15) is 5.11 Å². The summed E-state index contributed by atoms with van der Waals surface area (Å²) >= 11 is 9.25. The zero-order valence-corrected chi connectivity index (χ0v) is 10.7. The Morgan fingerprint density at radius 3 is 2.31 bits per heavy atom. The molecule has 0 saturated heterocycles. The summed E-state index contributed by atoms with van der Waals surface area (Å²) in [5, 5.41) is 10.8. The molecule has 0 heterocycles. The third-order valence-corrected chi connectivity index (χ3v) is 3.59. The van der Waals surface area contributed by atoms with Gasteiger partial charge in [-0.05, 0) is 39.2 Å². The van der Waals surface area contributed by atoms with Gasteiger partial charge < -0.3 is 5.11 Å². The summed E-state index contributed by atoms with van der Waals surface area (Å²) in [5.74, 6) is 0. The van der Waals surface area contributed by atoms with E-state index >= 15 is 0 Å². The highest BCUT2D eigenvalue weighted by atomic mass is 79.9. The highest BCUT2D eigenvalue weighted by molar-refractivity contribution is 9.10. The van der Waals surface area contributed by atoms with Crippen LogP contribution in [0.25, 0.3) is 0 Å². The molecule has 0 radical (unpaired) electrons. The first-order valence-electron chi connectivity index (χ1n) is 4.86. The van der Waals surface area contributed by atoms with Gasteiger partial charge in [-0.15, -0.1) is 0 Å². The molecular formula is C13H10BrClO. The summed E-state index contributed by atoms with van der Waals surface area (Å²) in [4.78, 5) is 0. The maximum absolute atomic E-state index is 10.1. The van der Waals surface area contributed by atoms with Gasteiger partial charge >= 0.3 is 0 Å². The number of halogens is 2. The quantitative estimate of drug-likeness (QED) is 0.881. The molecule has 1 atom stereocenters. The number of hydrogen-bond donors (Lipinski definition) is 1. The molecule has 0 fully saturated rings. The van der Waals surface area contributed by atoms with Crippen LogP contribution in [0.4, 0.5) is 0 Å². The zero-order valence-electron chi connectivity index (χ0n) is 8.40. The summed E-state index contributed by atoms with van der Waals surface area (Å²) in [5.41, 5.74) is 1.69. The highest BCUT2D eigenvalue weighted by Gasteiger charge is 2.10. The Morgan fingerprint density at radius 2 is 1.69 bits per heavy atom. The second-order valence-corrected chi connectivity index (χ2v) is 4.75. The van der Waals surface area contributed by atoms with Crippen LogP contribution >= 0.6 is 27.5 Å². The van der Waals surface area contributed by atoms with Crippen LogP contribution in [0, 0.1) is 0 Å². The van der Waals surface area contributed by atoms with Crippen molar-refractivity contribution in [1.82, 2.24) is 0 Å². The first kappa shape index (κ1) is 11.6. The second-order valence-electron chi connectivity index (χ2n) is 3.49. The van der Waals surface area contributed by atoms with Gasteiger partial charge in [0.1, 0.15) is 6.10 Å². The van der Waals surface area contributed by atoms with Crippen LogP contribution in [-0.2, 0) is 0 Å². The fourth-order valence-electron chi connectivity index (χ4n) is 1.51. The van der Waals surface area contributed by atoms with Crippen molar-refractivity contribution in [3.05, 3.63) is 69.2 Å². The molecule has 2 aromatic carbocycles. The lowest BCUT2D eigenvalue weighted by molar-refractivity contribution is 0.220. The van der Waals surface area contributed by atoms with Crippen molar-refractivity contribution in [1.29, 1.82) is 0 Å². The lowest BCUT2D eigenvalue weighted by Gasteiger charge is -2.12. The molecule has 3 heteroatoms. The first-order chi connectivity index (χ1) is 7.68. The molecule has 0 aromatic heterocycles. The summed E-state index contributed by atoms with van der Waals surface area (Å²) in [6.45, 7) is 0. The van der Waals surface area contributed by atoms with Crippen molar-refractivity contribution < 1.29 is 5.11 Å². The van der Waals surface area contributed by atoms with Crippen LogP contribution in [0.15, 0.2) is 53.0 Å². The van der Waals surface area contributed by atoms with Crippen molar-refractivity contribution >= 4 is 27.5 Å². The molecule has 2 aromatic rings. The predicted molar refractivity (Wildman–Crippen MR) is 69.7 cm³/mol. The molecule has 0 aliphatic heterocycles. The van der Waals surface area contributed by atoms with E-state index in [2.05, 4.69) is 15.9 Å². The number of aliphatic hydroxyl groups is 1. The van der Waals surface area contributed by atoms with Gasteiger partial charge in [-0.3, -0.25) is 0 Å². The summed E-state index contributed by atoms with van der Waals surface area (Å²) in [7, 11) is 0. The average molecular weight is 298 g/mol. The van der Waals surface area contributed by atoms with Gasteiger partial charge in [0, 0.05) is 4.47 Å². The Hall–Kier alpha value is -0.830. The Morgan fingerprint density at radius 1 is 1.00 bits per heavy atom. The highest BCUT2D eigenvalue weighted by Crippen LogP contribution is 2.28. The van der Waals surface area contributed by atoms with Crippen LogP contribution in [0.2, 0.25) is 5.02 Å². The molecule has 0 amide bonds. The monoisotopic (exact) mass is 296 g/mol. The van der Waals surface area contributed by atoms with E-state index in [4.69, 9.17) is 11.6 Å². The third kappa shape index (κ3) is 2.46. The minimum absolute atomic E-state index is 0.616.